The highest BCUT2D eigenvalue weighted by Gasteiger charge is 2.43. The van der Waals surface area contributed by atoms with Gasteiger partial charge < -0.3 is 0 Å². The number of halogens is 2. The van der Waals surface area contributed by atoms with Crippen molar-refractivity contribution in [1.82, 2.24) is 4.90 Å². The molecule has 0 aromatic heterocycles. The smallest absolute Gasteiger partial charge is 0.251 e. The number of aryl methyl sites for hydroxylation is 1. The second-order valence-corrected chi connectivity index (χ2v) is 7.87. The van der Waals surface area contributed by atoms with Crippen molar-refractivity contribution >= 4 is 17.5 Å². The summed E-state index contributed by atoms with van der Waals surface area (Å²) < 4.78 is 26.9. The van der Waals surface area contributed by atoms with Gasteiger partial charge in [-0.05, 0) is 80.6 Å². The molecule has 1 atom stereocenters. The van der Waals surface area contributed by atoms with Crippen LogP contribution in [-0.4, -0.2) is 35.8 Å². The van der Waals surface area contributed by atoms with Crippen molar-refractivity contribution in [3.8, 4) is 0 Å². The second kappa shape index (κ2) is 8.41. The van der Waals surface area contributed by atoms with Gasteiger partial charge in [0.15, 0.2) is 0 Å². The molecule has 2 aliphatic heterocycles. The van der Waals surface area contributed by atoms with E-state index in [0.29, 0.717) is 11.6 Å². The fraction of sp³-hybridized carbons (Fsp3) is 0.391. The first kappa shape index (κ1) is 19.7. The number of likely N-dealkylation sites (tertiary alicyclic amines) is 1. The zero-order chi connectivity index (χ0) is 20.4. The third kappa shape index (κ3) is 4.22. The maximum absolute atomic E-state index is 13.8. The lowest BCUT2D eigenvalue weighted by molar-refractivity contribution is -0.123. The van der Waals surface area contributed by atoms with E-state index in [0.717, 1.165) is 44.3 Å². The van der Waals surface area contributed by atoms with Gasteiger partial charge in [0.25, 0.3) is 5.91 Å². The van der Waals surface area contributed by atoms with E-state index in [4.69, 9.17) is 0 Å². The Bertz CT molecular complexity index is 892. The van der Waals surface area contributed by atoms with Crippen LogP contribution in [0.15, 0.2) is 48.5 Å². The Hall–Kier alpha value is -2.60. The number of hydrogen-bond donors (Lipinski definition) is 0. The van der Waals surface area contributed by atoms with E-state index in [1.807, 2.05) is 12.1 Å². The van der Waals surface area contributed by atoms with E-state index in [-0.39, 0.29) is 24.1 Å². The van der Waals surface area contributed by atoms with Crippen LogP contribution in [-0.2, 0) is 16.0 Å². The molecule has 29 heavy (non-hydrogen) atoms. The molecule has 0 bridgehead atoms. The molecule has 4 rings (SSSR count). The van der Waals surface area contributed by atoms with Crippen molar-refractivity contribution in [1.29, 1.82) is 0 Å². The van der Waals surface area contributed by atoms with E-state index in [9.17, 15) is 18.4 Å². The summed E-state index contributed by atoms with van der Waals surface area (Å²) in [5.41, 5.74) is 1.17. The molecular formula is C23H24F2N2O2. The molecule has 2 amide bonds. The first-order valence-corrected chi connectivity index (χ1v) is 10.1. The summed E-state index contributed by atoms with van der Waals surface area (Å²) in [6.07, 6.45) is 3.67. The van der Waals surface area contributed by atoms with Gasteiger partial charge in [-0.1, -0.05) is 18.2 Å². The molecule has 0 spiro atoms. The molecule has 2 aromatic rings. The molecular weight excluding hydrogens is 374 g/mol. The topological polar surface area (TPSA) is 40.6 Å². The van der Waals surface area contributed by atoms with Crippen LogP contribution in [0, 0.1) is 17.6 Å². The summed E-state index contributed by atoms with van der Waals surface area (Å²) in [5, 5.41) is 0. The fourth-order valence-corrected chi connectivity index (χ4v) is 4.38. The van der Waals surface area contributed by atoms with Gasteiger partial charge in [-0.3, -0.25) is 14.5 Å². The lowest BCUT2D eigenvalue weighted by Gasteiger charge is -2.34. The molecule has 0 unspecified atom stereocenters. The Kier molecular flexibility index (Phi) is 5.72. The SMILES string of the molecule is O=C1C[C@H](N2CCC(CCc3ccccc3F)CC2)C(=O)N1c1ccc(F)cc1. The summed E-state index contributed by atoms with van der Waals surface area (Å²) in [6, 6.07) is 11.9. The average molecular weight is 398 g/mol. The quantitative estimate of drug-likeness (QED) is 0.717. The third-order valence-corrected chi connectivity index (χ3v) is 6.08. The van der Waals surface area contributed by atoms with Gasteiger partial charge in [0.05, 0.1) is 18.2 Å². The van der Waals surface area contributed by atoms with Crippen LogP contribution in [0.2, 0.25) is 0 Å². The lowest BCUT2D eigenvalue weighted by atomic mass is 9.89. The van der Waals surface area contributed by atoms with E-state index in [2.05, 4.69) is 4.90 Å². The summed E-state index contributed by atoms with van der Waals surface area (Å²) in [6.45, 7) is 1.51. The van der Waals surface area contributed by atoms with E-state index in [1.165, 1.54) is 35.2 Å². The van der Waals surface area contributed by atoms with Gasteiger partial charge in [-0.15, -0.1) is 0 Å². The molecule has 2 heterocycles. The molecule has 152 valence electrons. The number of rotatable bonds is 5. The summed E-state index contributed by atoms with van der Waals surface area (Å²) >= 11 is 0. The van der Waals surface area contributed by atoms with E-state index >= 15 is 0 Å². The highest BCUT2D eigenvalue weighted by Crippen LogP contribution is 2.30. The van der Waals surface area contributed by atoms with Crippen molar-refractivity contribution in [2.24, 2.45) is 5.92 Å². The number of carbonyl (C=O) groups is 2. The number of hydrogen-bond acceptors (Lipinski definition) is 3. The van der Waals surface area contributed by atoms with Gasteiger partial charge in [-0.2, -0.15) is 0 Å². The third-order valence-electron chi connectivity index (χ3n) is 6.08. The average Bonchev–Trinajstić information content (AvgIpc) is 3.03. The Morgan fingerprint density at radius 1 is 0.931 bits per heavy atom. The summed E-state index contributed by atoms with van der Waals surface area (Å²) in [5.74, 6) is -0.534. The molecule has 0 N–H and O–H groups in total. The monoisotopic (exact) mass is 398 g/mol. The van der Waals surface area contributed by atoms with Crippen molar-refractivity contribution in [2.45, 2.75) is 38.1 Å². The van der Waals surface area contributed by atoms with Gasteiger partial charge in [0, 0.05) is 0 Å². The van der Waals surface area contributed by atoms with Crippen LogP contribution in [0.3, 0.4) is 0 Å². The standard InChI is InChI=1S/C23H24F2N2O2/c24-18-7-9-19(10-8-18)27-22(28)15-21(23(27)29)26-13-11-16(12-14-26)5-6-17-3-1-2-4-20(17)25/h1-4,7-10,16,21H,5-6,11-15H2/t21-/m0/s1. The summed E-state index contributed by atoms with van der Waals surface area (Å²) in [7, 11) is 0. The van der Waals surface area contributed by atoms with Gasteiger partial charge in [0.1, 0.15) is 11.6 Å². The molecule has 2 aliphatic rings. The van der Waals surface area contributed by atoms with Crippen LogP contribution in [0.25, 0.3) is 0 Å². The van der Waals surface area contributed by atoms with E-state index < -0.39 is 11.9 Å². The molecule has 0 radical (unpaired) electrons. The number of anilines is 1. The second-order valence-electron chi connectivity index (χ2n) is 7.87. The van der Waals surface area contributed by atoms with Crippen LogP contribution < -0.4 is 4.90 Å². The number of piperidine rings is 1. The van der Waals surface area contributed by atoms with Crippen LogP contribution in [0.1, 0.15) is 31.2 Å². The highest BCUT2D eigenvalue weighted by atomic mass is 19.1. The molecule has 0 saturated carbocycles. The maximum Gasteiger partial charge on any atom is 0.251 e. The predicted molar refractivity (Wildman–Crippen MR) is 106 cm³/mol. The maximum atomic E-state index is 13.8. The van der Waals surface area contributed by atoms with Crippen LogP contribution >= 0.6 is 0 Å². The predicted octanol–water partition coefficient (Wildman–Crippen LogP) is 3.94. The molecule has 2 saturated heterocycles. The molecule has 2 aromatic carbocycles. The van der Waals surface area contributed by atoms with Crippen molar-refractivity contribution in [2.75, 3.05) is 18.0 Å². The number of imide groups is 1. The van der Waals surface area contributed by atoms with Crippen molar-refractivity contribution < 1.29 is 18.4 Å². The Morgan fingerprint density at radius 3 is 2.31 bits per heavy atom. The number of benzene rings is 2. The van der Waals surface area contributed by atoms with Gasteiger partial charge in [0.2, 0.25) is 5.91 Å². The molecule has 4 nitrogen and oxygen atoms in total. The first-order valence-electron chi connectivity index (χ1n) is 10.1. The minimum atomic E-state index is -0.444. The van der Waals surface area contributed by atoms with Crippen molar-refractivity contribution in [3.05, 3.63) is 65.7 Å². The fourth-order valence-electron chi connectivity index (χ4n) is 4.38. The Morgan fingerprint density at radius 2 is 1.62 bits per heavy atom. The first-order chi connectivity index (χ1) is 14.0. The van der Waals surface area contributed by atoms with E-state index in [1.54, 1.807) is 6.07 Å². The van der Waals surface area contributed by atoms with Gasteiger partial charge in [-0.25, -0.2) is 13.7 Å². The normalized spacial score (nSPS) is 21.2. The number of nitrogens with zero attached hydrogens (tertiary/aromatic N) is 2. The zero-order valence-corrected chi connectivity index (χ0v) is 16.2. The largest absolute Gasteiger partial charge is 0.292 e. The van der Waals surface area contributed by atoms with Crippen LogP contribution in [0.4, 0.5) is 14.5 Å². The number of carbonyl (C=O) groups excluding carboxylic acids is 2. The minimum absolute atomic E-state index is 0.152. The Labute approximate surface area is 169 Å². The van der Waals surface area contributed by atoms with Crippen molar-refractivity contribution in [3.63, 3.8) is 0 Å². The molecule has 0 aliphatic carbocycles. The van der Waals surface area contributed by atoms with Gasteiger partial charge >= 0.3 is 0 Å². The lowest BCUT2D eigenvalue weighted by Crippen LogP contribution is -2.46. The summed E-state index contributed by atoms with van der Waals surface area (Å²) in [4.78, 5) is 28.5. The van der Waals surface area contributed by atoms with Crippen LogP contribution in [0.5, 0.6) is 0 Å². The minimum Gasteiger partial charge on any atom is -0.292 e. The Balaban J connectivity index is 1.33. The number of amides is 2. The molecule has 6 heteroatoms. The highest BCUT2D eigenvalue weighted by molar-refractivity contribution is 6.22. The molecule has 2 fully saturated rings. The zero-order valence-electron chi connectivity index (χ0n) is 16.2.